The molecule has 2 rings (SSSR count). The van der Waals surface area contributed by atoms with Crippen LogP contribution in [0.2, 0.25) is 0 Å². The molecule has 1 aliphatic rings. The minimum atomic E-state index is -0.434. The average Bonchev–Trinajstić information content (AvgIpc) is 2.65. The van der Waals surface area contributed by atoms with Crippen LogP contribution in [-0.4, -0.2) is 37.6 Å². The molecular formula is C11H15NO3. The third kappa shape index (κ3) is 2.40. The van der Waals surface area contributed by atoms with Gasteiger partial charge in [-0.25, -0.2) is 0 Å². The van der Waals surface area contributed by atoms with E-state index in [-0.39, 0.29) is 6.04 Å². The Morgan fingerprint density at radius 3 is 3.00 bits per heavy atom. The van der Waals surface area contributed by atoms with Crippen molar-refractivity contribution in [3.8, 4) is 5.75 Å². The molecule has 82 valence electrons. The van der Waals surface area contributed by atoms with E-state index in [9.17, 15) is 5.11 Å². The van der Waals surface area contributed by atoms with E-state index in [0.717, 1.165) is 11.4 Å². The molecule has 0 aliphatic carbocycles. The summed E-state index contributed by atoms with van der Waals surface area (Å²) >= 11 is 0. The highest BCUT2D eigenvalue weighted by atomic mass is 16.5. The molecule has 0 amide bonds. The lowest BCUT2D eigenvalue weighted by atomic mass is 10.2. The van der Waals surface area contributed by atoms with Crippen LogP contribution >= 0.6 is 0 Å². The number of ether oxygens (including phenoxy) is 2. The lowest BCUT2D eigenvalue weighted by molar-refractivity contribution is 0.125. The average molecular weight is 209 g/mol. The predicted molar refractivity (Wildman–Crippen MR) is 57.2 cm³/mol. The Bertz CT molecular complexity index is 329. The topological polar surface area (TPSA) is 50.7 Å². The molecule has 1 heterocycles. The first kappa shape index (κ1) is 10.3. The van der Waals surface area contributed by atoms with Gasteiger partial charge in [-0.05, 0) is 12.1 Å². The first-order valence-corrected chi connectivity index (χ1v) is 4.96. The summed E-state index contributed by atoms with van der Waals surface area (Å²) in [6, 6.07) is 7.59. The highest BCUT2D eigenvalue weighted by Gasteiger charge is 2.25. The van der Waals surface area contributed by atoms with Crippen molar-refractivity contribution in [3.63, 3.8) is 0 Å². The Morgan fingerprint density at radius 2 is 2.33 bits per heavy atom. The molecule has 0 spiro atoms. The minimum absolute atomic E-state index is 0.0305. The van der Waals surface area contributed by atoms with Crippen LogP contribution < -0.4 is 10.1 Å². The summed E-state index contributed by atoms with van der Waals surface area (Å²) in [5, 5.41) is 12.8. The van der Waals surface area contributed by atoms with E-state index in [4.69, 9.17) is 9.47 Å². The zero-order chi connectivity index (χ0) is 10.7. The Labute approximate surface area is 88.8 Å². The molecule has 15 heavy (non-hydrogen) atoms. The highest BCUT2D eigenvalue weighted by Crippen LogP contribution is 2.19. The fourth-order valence-corrected chi connectivity index (χ4v) is 1.61. The summed E-state index contributed by atoms with van der Waals surface area (Å²) in [5.74, 6) is 0.799. The van der Waals surface area contributed by atoms with Crippen LogP contribution in [0.25, 0.3) is 0 Å². The number of benzene rings is 1. The summed E-state index contributed by atoms with van der Waals surface area (Å²) in [6.07, 6.45) is -0.434. The zero-order valence-electron chi connectivity index (χ0n) is 8.64. The van der Waals surface area contributed by atoms with Gasteiger partial charge in [0.1, 0.15) is 5.75 Å². The zero-order valence-corrected chi connectivity index (χ0v) is 8.64. The predicted octanol–water partition coefficient (Wildman–Crippen LogP) is 0.867. The maximum Gasteiger partial charge on any atom is 0.120 e. The van der Waals surface area contributed by atoms with Crippen LogP contribution in [0.3, 0.4) is 0 Å². The summed E-state index contributed by atoms with van der Waals surface area (Å²) < 4.78 is 10.3. The lowest BCUT2D eigenvalue weighted by Gasteiger charge is -2.16. The Kier molecular flexibility index (Phi) is 3.08. The van der Waals surface area contributed by atoms with Gasteiger partial charge in [-0.15, -0.1) is 0 Å². The molecule has 0 radical (unpaired) electrons. The fourth-order valence-electron chi connectivity index (χ4n) is 1.61. The molecule has 0 aromatic heterocycles. The minimum Gasteiger partial charge on any atom is -0.497 e. The molecule has 0 bridgehead atoms. The monoisotopic (exact) mass is 209 g/mol. The highest BCUT2D eigenvalue weighted by molar-refractivity contribution is 5.49. The van der Waals surface area contributed by atoms with Crippen LogP contribution in [0.5, 0.6) is 5.75 Å². The van der Waals surface area contributed by atoms with Crippen molar-refractivity contribution >= 4 is 5.69 Å². The summed E-state index contributed by atoms with van der Waals surface area (Å²) in [4.78, 5) is 0. The van der Waals surface area contributed by atoms with E-state index < -0.39 is 6.10 Å². The molecule has 1 saturated heterocycles. The van der Waals surface area contributed by atoms with Crippen molar-refractivity contribution in [1.82, 2.24) is 0 Å². The SMILES string of the molecule is COc1cccc(N[C@@H]2COC[C@H]2O)c1. The van der Waals surface area contributed by atoms with Gasteiger partial charge in [0.2, 0.25) is 0 Å². The van der Waals surface area contributed by atoms with E-state index in [0.29, 0.717) is 13.2 Å². The van der Waals surface area contributed by atoms with Crippen LogP contribution in [0.1, 0.15) is 0 Å². The number of aliphatic hydroxyl groups excluding tert-OH is 1. The summed E-state index contributed by atoms with van der Waals surface area (Å²) in [6.45, 7) is 0.944. The van der Waals surface area contributed by atoms with Crippen molar-refractivity contribution < 1.29 is 14.6 Å². The van der Waals surface area contributed by atoms with E-state index in [1.165, 1.54) is 0 Å². The second-order valence-corrected chi connectivity index (χ2v) is 3.59. The van der Waals surface area contributed by atoms with Gasteiger partial charge in [0, 0.05) is 11.8 Å². The van der Waals surface area contributed by atoms with Gasteiger partial charge in [-0.3, -0.25) is 0 Å². The second-order valence-electron chi connectivity index (χ2n) is 3.59. The summed E-state index contributed by atoms with van der Waals surface area (Å²) in [5.41, 5.74) is 0.934. The van der Waals surface area contributed by atoms with Gasteiger partial charge in [0.05, 0.1) is 32.5 Å². The van der Waals surface area contributed by atoms with Gasteiger partial charge >= 0.3 is 0 Å². The number of hydrogen-bond acceptors (Lipinski definition) is 4. The quantitative estimate of drug-likeness (QED) is 0.775. The number of rotatable bonds is 3. The lowest BCUT2D eigenvalue weighted by Crippen LogP contribution is -2.31. The molecule has 0 saturated carbocycles. The van der Waals surface area contributed by atoms with Crippen LogP contribution in [0, 0.1) is 0 Å². The fraction of sp³-hybridized carbons (Fsp3) is 0.455. The first-order chi connectivity index (χ1) is 7.29. The summed E-state index contributed by atoms with van der Waals surface area (Å²) in [7, 11) is 1.63. The Balaban J connectivity index is 2.03. The van der Waals surface area contributed by atoms with Gasteiger partial charge in [-0.2, -0.15) is 0 Å². The van der Waals surface area contributed by atoms with Gasteiger partial charge in [-0.1, -0.05) is 6.07 Å². The largest absolute Gasteiger partial charge is 0.497 e. The molecule has 2 N–H and O–H groups in total. The number of hydrogen-bond donors (Lipinski definition) is 2. The standard InChI is InChI=1S/C11H15NO3/c1-14-9-4-2-3-8(5-9)12-10-6-15-7-11(10)13/h2-5,10-13H,6-7H2,1H3/t10-,11-/m1/s1. The molecule has 4 nitrogen and oxygen atoms in total. The Hall–Kier alpha value is -1.26. The molecule has 1 aromatic rings. The van der Waals surface area contributed by atoms with E-state index in [2.05, 4.69) is 5.32 Å². The molecule has 0 unspecified atom stereocenters. The van der Waals surface area contributed by atoms with Crippen molar-refractivity contribution in [1.29, 1.82) is 0 Å². The van der Waals surface area contributed by atoms with Crippen LogP contribution in [-0.2, 0) is 4.74 Å². The number of aliphatic hydroxyl groups is 1. The Morgan fingerprint density at radius 1 is 1.47 bits per heavy atom. The third-order valence-electron chi connectivity index (χ3n) is 2.47. The van der Waals surface area contributed by atoms with Gasteiger partial charge < -0.3 is 19.9 Å². The second kappa shape index (κ2) is 4.51. The van der Waals surface area contributed by atoms with Crippen molar-refractivity contribution in [2.75, 3.05) is 25.6 Å². The van der Waals surface area contributed by atoms with Crippen molar-refractivity contribution in [2.45, 2.75) is 12.1 Å². The molecule has 1 aliphatic heterocycles. The molecule has 1 fully saturated rings. The maximum absolute atomic E-state index is 9.56. The van der Waals surface area contributed by atoms with Crippen molar-refractivity contribution in [3.05, 3.63) is 24.3 Å². The molecule has 2 atom stereocenters. The van der Waals surface area contributed by atoms with Gasteiger partial charge in [0.15, 0.2) is 0 Å². The van der Waals surface area contributed by atoms with E-state index in [1.807, 2.05) is 24.3 Å². The maximum atomic E-state index is 9.56. The van der Waals surface area contributed by atoms with Crippen molar-refractivity contribution in [2.24, 2.45) is 0 Å². The van der Waals surface area contributed by atoms with E-state index in [1.54, 1.807) is 7.11 Å². The first-order valence-electron chi connectivity index (χ1n) is 4.96. The van der Waals surface area contributed by atoms with Crippen LogP contribution in [0.15, 0.2) is 24.3 Å². The molecular weight excluding hydrogens is 194 g/mol. The third-order valence-corrected chi connectivity index (χ3v) is 2.47. The normalized spacial score (nSPS) is 25.2. The number of anilines is 1. The number of methoxy groups -OCH3 is 1. The molecule has 4 heteroatoms. The smallest absolute Gasteiger partial charge is 0.120 e. The van der Waals surface area contributed by atoms with Gasteiger partial charge in [0.25, 0.3) is 0 Å². The molecule has 1 aromatic carbocycles. The van der Waals surface area contributed by atoms with Crippen LogP contribution in [0.4, 0.5) is 5.69 Å². The van der Waals surface area contributed by atoms with E-state index >= 15 is 0 Å². The number of nitrogens with one attached hydrogen (secondary N) is 1.